The average Bonchev–Trinajstić information content (AvgIpc) is 2.24. The van der Waals surface area contributed by atoms with Gasteiger partial charge in [-0.15, -0.1) is 0 Å². The zero-order chi connectivity index (χ0) is 12.0. The Balaban J connectivity index is 1.93. The highest BCUT2D eigenvalue weighted by Crippen LogP contribution is 2.50. The Bertz CT molecular complexity index is 297. The summed E-state index contributed by atoms with van der Waals surface area (Å²) in [4.78, 5) is 11.7. The lowest BCUT2D eigenvalue weighted by Crippen LogP contribution is -2.59. The van der Waals surface area contributed by atoms with E-state index in [9.17, 15) is 9.90 Å². The Kier molecular flexibility index (Phi) is 2.65. The van der Waals surface area contributed by atoms with Crippen molar-refractivity contribution >= 4 is 6.09 Å². The Labute approximate surface area is 96.4 Å². The molecule has 2 aliphatic carbocycles. The summed E-state index contributed by atoms with van der Waals surface area (Å²) in [5, 5.41) is 12.7. The van der Waals surface area contributed by atoms with Gasteiger partial charge < -0.3 is 15.2 Å². The van der Waals surface area contributed by atoms with Gasteiger partial charge in [0.05, 0.1) is 6.10 Å². The number of carbonyl (C=O) groups excluding carboxylic acids is 1. The highest BCUT2D eigenvalue weighted by atomic mass is 16.6. The molecule has 2 N–H and O–H groups in total. The summed E-state index contributed by atoms with van der Waals surface area (Å²) >= 11 is 0. The minimum atomic E-state index is -0.461. The second-order valence-corrected chi connectivity index (χ2v) is 6.03. The summed E-state index contributed by atoms with van der Waals surface area (Å²) in [6.07, 6.45) is 3.04. The summed E-state index contributed by atoms with van der Waals surface area (Å²) in [5.74, 6) is 0.236. The van der Waals surface area contributed by atoms with Gasteiger partial charge in [-0.1, -0.05) is 0 Å². The molecule has 2 rings (SSSR count). The van der Waals surface area contributed by atoms with Crippen molar-refractivity contribution in [3.63, 3.8) is 0 Å². The third-order valence-electron chi connectivity index (χ3n) is 3.71. The van der Waals surface area contributed by atoms with Crippen LogP contribution >= 0.6 is 0 Å². The van der Waals surface area contributed by atoms with Crippen LogP contribution in [0, 0.1) is 5.92 Å². The number of aliphatic hydroxyl groups is 1. The minimum Gasteiger partial charge on any atom is -0.444 e. The molecule has 3 atom stereocenters. The second kappa shape index (κ2) is 3.62. The van der Waals surface area contributed by atoms with Crippen LogP contribution in [0.25, 0.3) is 0 Å². The fraction of sp³-hybridized carbons (Fsp3) is 0.917. The highest BCUT2D eigenvalue weighted by molar-refractivity contribution is 5.69. The van der Waals surface area contributed by atoms with E-state index in [0.717, 1.165) is 25.7 Å². The normalized spacial score (nSPS) is 37.5. The molecule has 2 aliphatic rings. The van der Waals surface area contributed by atoms with Gasteiger partial charge in [-0.3, -0.25) is 0 Å². The quantitative estimate of drug-likeness (QED) is 0.718. The molecule has 0 unspecified atom stereocenters. The molecule has 0 aromatic rings. The molecule has 4 nitrogen and oxygen atoms in total. The zero-order valence-electron chi connectivity index (χ0n) is 10.2. The maximum absolute atomic E-state index is 11.7. The third kappa shape index (κ3) is 2.03. The molecule has 16 heavy (non-hydrogen) atoms. The van der Waals surface area contributed by atoms with E-state index in [4.69, 9.17) is 4.74 Å². The summed E-state index contributed by atoms with van der Waals surface area (Å²) in [7, 11) is 0. The van der Waals surface area contributed by atoms with Gasteiger partial charge in [0.1, 0.15) is 5.60 Å². The molecule has 0 aliphatic heterocycles. The molecule has 1 amide bonds. The first-order valence-electron chi connectivity index (χ1n) is 6.02. The molecule has 0 radical (unpaired) electrons. The van der Waals surface area contributed by atoms with E-state index in [1.54, 1.807) is 0 Å². The Morgan fingerprint density at radius 3 is 2.44 bits per heavy atom. The van der Waals surface area contributed by atoms with Crippen molar-refractivity contribution in [2.75, 3.05) is 0 Å². The molecule has 0 aromatic carbocycles. The predicted molar refractivity (Wildman–Crippen MR) is 60.1 cm³/mol. The van der Waals surface area contributed by atoms with Gasteiger partial charge in [-0.2, -0.15) is 0 Å². The van der Waals surface area contributed by atoms with Crippen molar-refractivity contribution < 1.29 is 14.6 Å². The minimum absolute atomic E-state index is 0.179. The SMILES string of the molecule is CC(C)(C)OC(=O)N[C@@]12CC[C@@H](O)[C@@H]1CC2. The van der Waals surface area contributed by atoms with Crippen LogP contribution in [0.15, 0.2) is 0 Å². The summed E-state index contributed by atoms with van der Waals surface area (Å²) in [6.45, 7) is 5.56. The summed E-state index contributed by atoms with van der Waals surface area (Å²) < 4.78 is 5.25. The molecule has 0 spiro atoms. The van der Waals surface area contributed by atoms with E-state index in [1.165, 1.54) is 0 Å². The topological polar surface area (TPSA) is 58.6 Å². The molecule has 0 saturated heterocycles. The van der Waals surface area contributed by atoms with Crippen LogP contribution in [0.3, 0.4) is 0 Å². The van der Waals surface area contributed by atoms with Gasteiger partial charge >= 0.3 is 6.09 Å². The molecular formula is C12H21NO3. The van der Waals surface area contributed by atoms with E-state index in [1.807, 2.05) is 20.8 Å². The fourth-order valence-electron chi connectivity index (χ4n) is 2.86. The van der Waals surface area contributed by atoms with Crippen LogP contribution in [0.5, 0.6) is 0 Å². The van der Waals surface area contributed by atoms with E-state index in [2.05, 4.69) is 5.32 Å². The van der Waals surface area contributed by atoms with Crippen LogP contribution in [-0.2, 0) is 4.74 Å². The van der Waals surface area contributed by atoms with Crippen molar-refractivity contribution in [3.05, 3.63) is 0 Å². The Morgan fingerprint density at radius 2 is 2.00 bits per heavy atom. The number of alkyl carbamates (subject to hydrolysis) is 1. The number of carbonyl (C=O) groups is 1. The number of amides is 1. The van der Waals surface area contributed by atoms with Crippen LogP contribution in [0.4, 0.5) is 4.79 Å². The van der Waals surface area contributed by atoms with E-state index in [0.29, 0.717) is 0 Å². The summed E-state index contributed by atoms with van der Waals surface area (Å²) in [6, 6.07) is 0. The standard InChI is InChI=1S/C12H21NO3/c1-11(2,3)16-10(15)13-12-6-4-8(12)9(14)5-7-12/h8-9,14H,4-7H2,1-3H3,(H,13,15)/t8-,9+,12-/m0/s1. The molecule has 0 heterocycles. The number of ether oxygens (including phenoxy) is 1. The number of rotatable bonds is 1. The molecule has 0 aromatic heterocycles. The molecular weight excluding hydrogens is 206 g/mol. The predicted octanol–water partition coefficient (Wildman–Crippen LogP) is 1.81. The van der Waals surface area contributed by atoms with Gasteiger partial charge in [0.25, 0.3) is 0 Å². The van der Waals surface area contributed by atoms with E-state index in [-0.39, 0.29) is 23.7 Å². The number of hydrogen-bond donors (Lipinski definition) is 2. The molecule has 2 saturated carbocycles. The highest BCUT2D eigenvalue weighted by Gasteiger charge is 2.55. The zero-order valence-corrected chi connectivity index (χ0v) is 10.2. The maximum Gasteiger partial charge on any atom is 0.408 e. The Hall–Kier alpha value is -0.770. The average molecular weight is 227 g/mol. The van der Waals surface area contributed by atoms with Gasteiger partial charge in [0.2, 0.25) is 0 Å². The first kappa shape index (κ1) is 11.7. The lowest BCUT2D eigenvalue weighted by molar-refractivity contribution is 0.00740. The fourth-order valence-corrected chi connectivity index (χ4v) is 2.86. The van der Waals surface area contributed by atoms with Gasteiger partial charge in [0, 0.05) is 11.5 Å². The molecule has 2 fully saturated rings. The molecule has 92 valence electrons. The first-order valence-corrected chi connectivity index (χ1v) is 6.02. The summed E-state index contributed by atoms with van der Waals surface area (Å²) in [5.41, 5.74) is -0.640. The maximum atomic E-state index is 11.7. The molecule has 4 heteroatoms. The van der Waals surface area contributed by atoms with Crippen LogP contribution in [0.1, 0.15) is 46.5 Å². The van der Waals surface area contributed by atoms with Crippen molar-refractivity contribution in [1.29, 1.82) is 0 Å². The lowest BCUT2D eigenvalue weighted by atomic mass is 9.68. The lowest BCUT2D eigenvalue weighted by Gasteiger charge is -2.46. The van der Waals surface area contributed by atoms with Gasteiger partial charge in [-0.25, -0.2) is 4.79 Å². The number of nitrogens with one attached hydrogen (secondary N) is 1. The number of fused-ring (bicyclic) bond motifs is 1. The van der Waals surface area contributed by atoms with Crippen LogP contribution < -0.4 is 5.32 Å². The van der Waals surface area contributed by atoms with Crippen molar-refractivity contribution in [2.45, 2.75) is 63.7 Å². The largest absolute Gasteiger partial charge is 0.444 e. The van der Waals surface area contributed by atoms with Crippen LogP contribution in [0.2, 0.25) is 0 Å². The first-order chi connectivity index (χ1) is 7.32. The van der Waals surface area contributed by atoms with Crippen molar-refractivity contribution in [2.24, 2.45) is 5.92 Å². The van der Waals surface area contributed by atoms with Crippen molar-refractivity contribution in [1.82, 2.24) is 5.32 Å². The number of aliphatic hydroxyl groups excluding tert-OH is 1. The van der Waals surface area contributed by atoms with Gasteiger partial charge in [0.15, 0.2) is 0 Å². The second-order valence-electron chi connectivity index (χ2n) is 6.03. The van der Waals surface area contributed by atoms with Crippen LogP contribution in [-0.4, -0.2) is 28.4 Å². The monoisotopic (exact) mass is 227 g/mol. The van der Waals surface area contributed by atoms with E-state index < -0.39 is 5.60 Å². The Morgan fingerprint density at radius 1 is 1.38 bits per heavy atom. The third-order valence-corrected chi connectivity index (χ3v) is 3.71. The number of hydrogen-bond acceptors (Lipinski definition) is 3. The molecule has 0 bridgehead atoms. The van der Waals surface area contributed by atoms with Crippen molar-refractivity contribution in [3.8, 4) is 0 Å². The van der Waals surface area contributed by atoms with Gasteiger partial charge in [-0.05, 0) is 46.5 Å². The smallest absolute Gasteiger partial charge is 0.408 e. The van der Waals surface area contributed by atoms with E-state index >= 15 is 0 Å².